The average Bonchev–Trinajstić information content (AvgIpc) is 2.29. The molecule has 0 bridgehead atoms. The number of rotatable bonds is 5. The van der Waals surface area contributed by atoms with Gasteiger partial charge < -0.3 is 5.32 Å². The van der Waals surface area contributed by atoms with E-state index in [4.69, 9.17) is 0 Å². The summed E-state index contributed by atoms with van der Waals surface area (Å²) < 4.78 is 0. The highest BCUT2D eigenvalue weighted by Crippen LogP contribution is 2.14. The highest BCUT2D eigenvalue weighted by molar-refractivity contribution is 5.24. The minimum absolute atomic E-state index is 0.450. The Morgan fingerprint density at radius 3 is 2.13 bits per heavy atom. The SMILES string of the molecule is CCc1ccc([C@H](C)N[C@H](C)CC)cc1. The molecule has 1 nitrogen and oxygen atoms in total. The van der Waals surface area contributed by atoms with E-state index in [1.807, 2.05) is 0 Å². The van der Waals surface area contributed by atoms with Gasteiger partial charge in [-0.15, -0.1) is 0 Å². The quantitative estimate of drug-likeness (QED) is 0.773. The first-order valence-electron chi connectivity index (χ1n) is 6.02. The molecule has 1 aromatic carbocycles. The van der Waals surface area contributed by atoms with Gasteiger partial charge >= 0.3 is 0 Å². The summed E-state index contributed by atoms with van der Waals surface area (Å²) >= 11 is 0. The van der Waals surface area contributed by atoms with Crippen LogP contribution >= 0.6 is 0 Å². The van der Waals surface area contributed by atoms with E-state index < -0.39 is 0 Å². The van der Waals surface area contributed by atoms with Crippen molar-refractivity contribution in [1.82, 2.24) is 5.32 Å². The molecule has 1 rings (SSSR count). The van der Waals surface area contributed by atoms with Crippen LogP contribution in [-0.2, 0) is 6.42 Å². The molecular formula is C14H23N. The summed E-state index contributed by atoms with van der Waals surface area (Å²) in [5.41, 5.74) is 2.79. The van der Waals surface area contributed by atoms with Crippen molar-refractivity contribution in [3.8, 4) is 0 Å². The predicted octanol–water partition coefficient (Wildman–Crippen LogP) is 3.70. The maximum Gasteiger partial charge on any atom is 0.0294 e. The van der Waals surface area contributed by atoms with Crippen molar-refractivity contribution in [2.75, 3.05) is 0 Å². The van der Waals surface area contributed by atoms with Gasteiger partial charge in [-0.2, -0.15) is 0 Å². The zero-order valence-corrected chi connectivity index (χ0v) is 10.4. The maximum atomic E-state index is 3.58. The van der Waals surface area contributed by atoms with Gasteiger partial charge in [0.15, 0.2) is 0 Å². The zero-order valence-electron chi connectivity index (χ0n) is 10.4. The molecule has 2 atom stereocenters. The van der Waals surface area contributed by atoms with Crippen LogP contribution in [0.4, 0.5) is 0 Å². The van der Waals surface area contributed by atoms with Crippen molar-refractivity contribution in [2.45, 2.75) is 52.6 Å². The van der Waals surface area contributed by atoms with Crippen LogP contribution in [0, 0.1) is 0 Å². The minimum Gasteiger partial charge on any atom is -0.308 e. The van der Waals surface area contributed by atoms with E-state index in [-0.39, 0.29) is 0 Å². The van der Waals surface area contributed by atoms with E-state index in [1.165, 1.54) is 17.5 Å². The van der Waals surface area contributed by atoms with Crippen LogP contribution in [0.15, 0.2) is 24.3 Å². The van der Waals surface area contributed by atoms with Crippen molar-refractivity contribution in [3.63, 3.8) is 0 Å². The van der Waals surface area contributed by atoms with Crippen molar-refractivity contribution >= 4 is 0 Å². The van der Waals surface area contributed by atoms with E-state index in [0.29, 0.717) is 12.1 Å². The summed E-state index contributed by atoms with van der Waals surface area (Å²) in [7, 11) is 0. The highest BCUT2D eigenvalue weighted by Gasteiger charge is 2.07. The molecule has 0 aliphatic heterocycles. The third kappa shape index (κ3) is 3.67. The van der Waals surface area contributed by atoms with E-state index >= 15 is 0 Å². The summed E-state index contributed by atoms with van der Waals surface area (Å²) in [5, 5.41) is 3.58. The molecule has 15 heavy (non-hydrogen) atoms. The Labute approximate surface area is 93.9 Å². The first-order chi connectivity index (χ1) is 7.17. The van der Waals surface area contributed by atoms with Crippen LogP contribution in [0.3, 0.4) is 0 Å². The molecule has 0 heterocycles. The molecule has 1 heteroatoms. The average molecular weight is 205 g/mol. The van der Waals surface area contributed by atoms with Gasteiger partial charge in [0.05, 0.1) is 0 Å². The van der Waals surface area contributed by atoms with Gasteiger partial charge in [0, 0.05) is 12.1 Å². The fourth-order valence-electron chi connectivity index (χ4n) is 1.68. The number of benzene rings is 1. The second kappa shape index (κ2) is 5.92. The van der Waals surface area contributed by atoms with Crippen LogP contribution in [0.1, 0.15) is 51.3 Å². The Bertz CT molecular complexity index is 276. The maximum absolute atomic E-state index is 3.58. The van der Waals surface area contributed by atoms with Crippen LogP contribution in [0.25, 0.3) is 0 Å². The van der Waals surface area contributed by atoms with Gasteiger partial charge in [0.1, 0.15) is 0 Å². The third-order valence-corrected chi connectivity index (χ3v) is 3.03. The molecule has 0 saturated carbocycles. The van der Waals surface area contributed by atoms with Gasteiger partial charge in [0.25, 0.3) is 0 Å². The molecule has 1 N–H and O–H groups in total. The molecule has 1 aromatic rings. The highest BCUT2D eigenvalue weighted by atomic mass is 14.9. The fourth-order valence-corrected chi connectivity index (χ4v) is 1.68. The second-order valence-corrected chi connectivity index (χ2v) is 4.29. The third-order valence-electron chi connectivity index (χ3n) is 3.03. The summed E-state index contributed by atoms with van der Waals surface area (Å²) in [6, 6.07) is 9.96. The molecule has 0 spiro atoms. The lowest BCUT2D eigenvalue weighted by Crippen LogP contribution is -2.28. The van der Waals surface area contributed by atoms with Gasteiger partial charge in [-0.25, -0.2) is 0 Å². The monoisotopic (exact) mass is 205 g/mol. The number of hydrogen-bond acceptors (Lipinski definition) is 1. The molecule has 84 valence electrons. The summed E-state index contributed by atoms with van der Waals surface area (Å²) in [5.74, 6) is 0. The first-order valence-corrected chi connectivity index (χ1v) is 6.02. The first kappa shape index (κ1) is 12.3. The van der Waals surface area contributed by atoms with E-state index in [1.54, 1.807) is 0 Å². The second-order valence-electron chi connectivity index (χ2n) is 4.29. The molecule has 0 fully saturated rings. The molecule has 0 aliphatic carbocycles. The van der Waals surface area contributed by atoms with Crippen molar-refractivity contribution in [1.29, 1.82) is 0 Å². The summed E-state index contributed by atoms with van der Waals surface area (Å²) in [6.07, 6.45) is 2.30. The van der Waals surface area contributed by atoms with E-state index in [2.05, 4.69) is 57.3 Å². The lowest BCUT2D eigenvalue weighted by Gasteiger charge is -2.19. The Balaban J connectivity index is 2.61. The predicted molar refractivity (Wildman–Crippen MR) is 67.1 cm³/mol. The Morgan fingerprint density at radius 1 is 1.07 bits per heavy atom. The Kier molecular flexibility index (Phi) is 4.83. The topological polar surface area (TPSA) is 12.0 Å². The smallest absolute Gasteiger partial charge is 0.0294 e. The van der Waals surface area contributed by atoms with Crippen LogP contribution in [0.5, 0.6) is 0 Å². The molecule has 0 aliphatic rings. The van der Waals surface area contributed by atoms with Crippen LogP contribution < -0.4 is 5.32 Å². The van der Waals surface area contributed by atoms with Crippen molar-refractivity contribution < 1.29 is 0 Å². The molecule has 0 unspecified atom stereocenters. The van der Waals surface area contributed by atoms with Gasteiger partial charge in [-0.1, -0.05) is 38.1 Å². The Morgan fingerprint density at radius 2 is 1.67 bits per heavy atom. The normalized spacial score (nSPS) is 14.9. The Hall–Kier alpha value is -0.820. The summed E-state index contributed by atoms with van der Waals surface area (Å²) in [4.78, 5) is 0. The van der Waals surface area contributed by atoms with Crippen LogP contribution in [-0.4, -0.2) is 6.04 Å². The number of hydrogen-bond donors (Lipinski definition) is 1. The largest absolute Gasteiger partial charge is 0.308 e. The zero-order chi connectivity index (χ0) is 11.3. The molecule has 0 saturated heterocycles. The van der Waals surface area contributed by atoms with E-state index in [0.717, 1.165) is 6.42 Å². The lowest BCUT2D eigenvalue weighted by molar-refractivity contribution is 0.469. The van der Waals surface area contributed by atoms with Gasteiger partial charge in [-0.05, 0) is 37.8 Å². The van der Waals surface area contributed by atoms with Gasteiger partial charge in [-0.3, -0.25) is 0 Å². The van der Waals surface area contributed by atoms with Crippen LogP contribution in [0.2, 0.25) is 0 Å². The summed E-state index contributed by atoms with van der Waals surface area (Å²) in [6.45, 7) is 8.87. The number of nitrogens with one attached hydrogen (secondary N) is 1. The molecule has 0 amide bonds. The van der Waals surface area contributed by atoms with Crippen molar-refractivity contribution in [2.24, 2.45) is 0 Å². The van der Waals surface area contributed by atoms with E-state index in [9.17, 15) is 0 Å². The molecule has 0 radical (unpaired) electrons. The standard InChI is InChI=1S/C14H23N/c1-5-11(3)15-12(4)14-9-7-13(6-2)8-10-14/h7-12,15H,5-6H2,1-4H3/t11-,12+/m1/s1. The number of aryl methyl sites for hydroxylation is 1. The minimum atomic E-state index is 0.450. The molecular weight excluding hydrogens is 182 g/mol. The van der Waals surface area contributed by atoms with Crippen molar-refractivity contribution in [3.05, 3.63) is 35.4 Å². The van der Waals surface area contributed by atoms with Gasteiger partial charge in [0.2, 0.25) is 0 Å². The molecule has 0 aromatic heterocycles. The fraction of sp³-hybridized carbons (Fsp3) is 0.571. The lowest BCUT2D eigenvalue weighted by atomic mass is 10.0.